The topological polar surface area (TPSA) is 83.8 Å². The molecule has 1 aliphatic carbocycles. The molecular weight excluding hydrogens is 346 g/mol. The number of carboxylic acid groups (broad SMARTS) is 2. The number of carbonyl (C=O) groups is 2. The molecule has 5 nitrogen and oxygen atoms in total. The first-order valence-corrected chi connectivity index (χ1v) is 7.37. The maximum Gasteiger partial charge on any atom is 0.315 e. The van der Waals surface area contributed by atoms with Crippen molar-refractivity contribution in [2.24, 2.45) is 10.8 Å². The second-order valence-electron chi connectivity index (χ2n) is 6.00. The van der Waals surface area contributed by atoms with E-state index in [0.29, 0.717) is 5.02 Å². The highest BCUT2D eigenvalue weighted by molar-refractivity contribution is 6.30. The zero-order chi connectivity index (χ0) is 18.1. The number of carboxylic acids is 2. The molecule has 130 valence electrons. The number of allylic oxidation sites excluding steroid dienone is 1. The molecule has 1 aromatic rings. The zero-order valence-electron chi connectivity index (χ0n) is 12.6. The minimum Gasteiger partial charge on any atom is -0.481 e. The molecule has 1 aliphatic rings. The van der Waals surface area contributed by atoms with Crippen molar-refractivity contribution in [3.05, 3.63) is 41.1 Å². The molecular formula is C16H15ClF2O5. The summed E-state index contributed by atoms with van der Waals surface area (Å²) in [6.07, 6.45) is -3.39. The van der Waals surface area contributed by atoms with Crippen LogP contribution in [-0.2, 0) is 9.59 Å². The molecule has 2 rings (SSSR count). The van der Waals surface area contributed by atoms with E-state index in [4.69, 9.17) is 16.3 Å². The first-order chi connectivity index (χ1) is 11.1. The molecule has 0 spiro atoms. The third-order valence-electron chi connectivity index (χ3n) is 4.05. The van der Waals surface area contributed by atoms with Crippen molar-refractivity contribution >= 4 is 23.5 Å². The lowest BCUT2D eigenvalue weighted by atomic mass is 9.65. The Hall–Kier alpha value is -2.15. The molecule has 2 unspecified atom stereocenters. The summed E-state index contributed by atoms with van der Waals surface area (Å²) in [6, 6.07) is 5.96. The summed E-state index contributed by atoms with van der Waals surface area (Å²) in [5, 5.41) is 19.1. The van der Waals surface area contributed by atoms with E-state index in [-0.39, 0.29) is 11.5 Å². The highest BCUT2D eigenvalue weighted by Gasteiger charge is 2.57. The standard InChI is InChI=1S/C16H15ClF2O5/c1-15(13(20)21)6-11(24-10-4-2-9(17)3-5-10)7-16(8-15,12(18)19)14(22)23/h2-6,12H,7-8H2,1H3,(H,20,21)(H,22,23). The average molecular weight is 361 g/mol. The Balaban J connectivity index is 2.44. The molecule has 0 aliphatic heterocycles. The van der Waals surface area contributed by atoms with Crippen molar-refractivity contribution in [3.63, 3.8) is 0 Å². The number of alkyl halides is 2. The van der Waals surface area contributed by atoms with Gasteiger partial charge in [0, 0.05) is 11.4 Å². The third kappa shape index (κ3) is 3.36. The van der Waals surface area contributed by atoms with Gasteiger partial charge in [0.15, 0.2) is 0 Å². The summed E-state index contributed by atoms with van der Waals surface area (Å²) >= 11 is 5.74. The van der Waals surface area contributed by atoms with Crippen LogP contribution in [0.25, 0.3) is 0 Å². The van der Waals surface area contributed by atoms with Gasteiger partial charge in [-0.25, -0.2) is 8.78 Å². The van der Waals surface area contributed by atoms with Gasteiger partial charge in [-0.2, -0.15) is 0 Å². The predicted molar refractivity (Wildman–Crippen MR) is 81.2 cm³/mol. The summed E-state index contributed by atoms with van der Waals surface area (Å²) in [4.78, 5) is 23.0. The van der Waals surface area contributed by atoms with Gasteiger partial charge in [0.1, 0.15) is 16.9 Å². The summed E-state index contributed by atoms with van der Waals surface area (Å²) in [5.74, 6) is -3.04. The minimum atomic E-state index is -3.24. The number of hydrogen-bond donors (Lipinski definition) is 2. The van der Waals surface area contributed by atoms with Crippen molar-refractivity contribution in [1.29, 1.82) is 0 Å². The number of halogens is 3. The van der Waals surface area contributed by atoms with Crippen molar-refractivity contribution in [2.45, 2.75) is 26.2 Å². The smallest absolute Gasteiger partial charge is 0.315 e. The number of rotatable bonds is 5. The van der Waals surface area contributed by atoms with E-state index < -0.39 is 42.0 Å². The first kappa shape index (κ1) is 18.2. The number of ether oxygens (including phenoxy) is 1. The van der Waals surface area contributed by atoms with Crippen LogP contribution in [0.1, 0.15) is 19.8 Å². The molecule has 1 aromatic carbocycles. The molecule has 0 fully saturated rings. The van der Waals surface area contributed by atoms with E-state index in [1.54, 1.807) is 0 Å². The Morgan fingerprint density at radius 3 is 2.25 bits per heavy atom. The summed E-state index contributed by atoms with van der Waals surface area (Å²) in [5.41, 5.74) is -4.31. The molecule has 0 bridgehead atoms. The molecule has 0 aromatic heterocycles. The van der Waals surface area contributed by atoms with Gasteiger partial charge in [-0.05, 0) is 43.7 Å². The molecule has 0 saturated carbocycles. The monoisotopic (exact) mass is 360 g/mol. The van der Waals surface area contributed by atoms with Crippen molar-refractivity contribution in [3.8, 4) is 5.75 Å². The van der Waals surface area contributed by atoms with Crippen LogP contribution < -0.4 is 4.74 Å². The van der Waals surface area contributed by atoms with Gasteiger partial charge < -0.3 is 14.9 Å². The largest absolute Gasteiger partial charge is 0.481 e. The maximum atomic E-state index is 13.5. The van der Waals surface area contributed by atoms with Crippen LogP contribution in [-0.4, -0.2) is 28.6 Å². The van der Waals surface area contributed by atoms with Crippen LogP contribution in [0.5, 0.6) is 5.75 Å². The van der Waals surface area contributed by atoms with Gasteiger partial charge in [-0.3, -0.25) is 9.59 Å². The van der Waals surface area contributed by atoms with Crippen LogP contribution in [0.2, 0.25) is 5.02 Å². The van der Waals surface area contributed by atoms with Gasteiger partial charge in [0.05, 0.1) is 5.41 Å². The summed E-state index contributed by atoms with van der Waals surface area (Å²) in [7, 11) is 0. The van der Waals surface area contributed by atoms with Crippen molar-refractivity contribution < 1.29 is 33.3 Å². The number of benzene rings is 1. The van der Waals surface area contributed by atoms with E-state index in [1.165, 1.54) is 37.3 Å². The normalized spacial score (nSPS) is 26.8. The van der Waals surface area contributed by atoms with Crippen LogP contribution >= 0.6 is 11.6 Å². The Kier molecular flexibility index (Phi) is 4.85. The van der Waals surface area contributed by atoms with Gasteiger partial charge in [-0.1, -0.05) is 11.6 Å². The highest BCUT2D eigenvalue weighted by atomic mass is 35.5. The van der Waals surface area contributed by atoms with Crippen LogP contribution in [0, 0.1) is 10.8 Å². The van der Waals surface area contributed by atoms with E-state index >= 15 is 0 Å². The Labute approximate surface area is 141 Å². The fraction of sp³-hybridized carbons (Fsp3) is 0.375. The van der Waals surface area contributed by atoms with E-state index in [9.17, 15) is 28.6 Å². The molecule has 8 heteroatoms. The van der Waals surface area contributed by atoms with Crippen LogP contribution in [0.15, 0.2) is 36.1 Å². The molecule has 0 saturated heterocycles. The van der Waals surface area contributed by atoms with E-state index in [2.05, 4.69) is 0 Å². The van der Waals surface area contributed by atoms with E-state index in [0.717, 1.165) is 0 Å². The number of hydrogen-bond acceptors (Lipinski definition) is 3. The third-order valence-corrected chi connectivity index (χ3v) is 4.30. The molecule has 24 heavy (non-hydrogen) atoms. The molecule has 0 heterocycles. The molecule has 2 atom stereocenters. The van der Waals surface area contributed by atoms with E-state index in [1.807, 2.05) is 0 Å². The molecule has 0 radical (unpaired) electrons. The predicted octanol–water partition coefficient (Wildman–Crippen LogP) is 3.82. The van der Waals surface area contributed by atoms with Gasteiger partial charge in [0.2, 0.25) is 0 Å². The lowest BCUT2D eigenvalue weighted by Gasteiger charge is -2.39. The molecule has 2 N–H and O–H groups in total. The van der Waals surface area contributed by atoms with Gasteiger partial charge in [0.25, 0.3) is 6.43 Å². The molecule has 0 amide bonds. The fourth-order valence-corrected chi connectivity index (χ4v) is 2.87. The second kappa shape index (κ2) is 6.39. The number of aliphatic carboxylic acids is 2. The lowest BCUT2D eigenvalue weighted by molar-refractivity contribution is -0.168. The quantitative estimate of drug-likeness (QED) is 0.833. The SMILES string of the molecule is CC1(C(=O)O)C=C(Oc2ccc(Cl)cc2)CC(C(=O)O)(C(F)F)C1. The highest BCUT2D eigenvalue weighted by Crippen LogP contribution is 2.49. The zero-order valence-corrected chi connectivity index (χ0v) is 13.4. The lowest BCUT2D eigenvalue weighted by Crippen LogP contribution is -2.48. The Bertz CT molecular complexity index is 688. The Morgan fingerprint density at radius 2 is 1.79 bits per heavy atom. The minimum absolute atomic E-state index is 0.129. The summed E-state index contributed by atoms with van der Waals surface area (Å²) < 4.78 is 32.5. The van der Waals surface area contributed by atoms with Gasteiger partial charge in [-0.15, -0.1) is 0 Å². The van der Waals surface area contributed by atoms with Crippen LogP contribution in [0.4, 0.5) is 8.78 Å². The second-order valence-corrected chi connectivity index (χ2v) is 6.44. The maximum absolute atomic E-state index is 13.5. The summed E-state index contributed by atoms with van der Waals surface area (Å²) in [6.45, 7) is 1.19. The fourth-order valence-electron chi connectivity index (χ4n) is 2.74. The van der Waals surface area contributed by atoms with Crippen molar-refractivity contribution in [2.75, 3.05) is 0 Å². The average Bonchev–Trinajstić information content (AvgIpc) is 2.48. The van der Waals surface area contributed by atoms with Crippen LogP contribution in [0.3, 0.4) is 0 Å². The van der Waals surface area contributed by atoms with Gasteiger partial charge >= 0.3 is 11.9 Å². The Morgan fingerprint density at radius 1 is 1.21 bits per heavy atom. The van der Waals surface area contributed by atoms with Crippen molar-refractivity contribution in [1.82, 2.24) is 0 Å². The first-order valence-electron chi connectivity index (χ1n) is 6.99.